The van der Waals surface area contributed by atoms with Gasteiger partial charge in [-0.05, 0) is 86.1 Å². The highest BCUT2D eigenvalue weighted by molar-refractivity contribution is 14.1. The minimum Gasteiger partial charge on any atom is -0.496 e. The molecule has 1 aliphatic rings. The zero-order chi connectivity index (χ0) is 26.2. The van der Waals surface area contributed by atoms with Crippen LogP contribution >= 0.6 is 22.6 Å². The summed E-state index contributed by atoms with van der Waals surface area (Å²) in [6.45, 7) is 5.28. The second-order valence-corrected chi connectivity index (χ2v) is 10.0. The van der Waals surface area contributed by atoms with E-state index in [9.17, 15) is 31.1 Å². The van der Waals surface area contributed by atoms with Gasteiger partial charge in [0.15, 0.2) is 0 Å². The van der Waals surface area contributed by atoms with Crippen LogP contribution < -0.4 is 10.1 Å². The van der Waals surface area contributed by atoms with Crippen LogP contribution in [0, 0.1) is 3.57 Å². The molecule has 1 amide bonds. The van der Waals surface area contributed by atoms with E-state index in [1.54, 1.807) is 18.2 Å². The summed E-state index contributed by atoms with van der Waals surface area (Å²) in [4.78, 5) is 15.6. The number of halogens is 7. The Morgan fingerprint density at radius 1 is 1.03 bits per heavy atom. The molecule has 0 aromatic heterocycles. The van der Waals surface area contributed by atoms with Crippen LogP contribution in [0.4, 0.5) is 26.3 Å². The number of hydrogen-bond acceptors (Lipinski definition) is 3. The lowest BCUT2D eigenvalue weighted by Crippen LogP contribution is -2.53. The first kappa shape index (κ1) is 27.6. The monoisotopic (exact) mass is 614 g/mol. The van der Waals surface area contributed by atoms with Crippen molar-refractivity contribution >= 4 is 28.5 Å². The molecule has 1 aliphatic heterocycles. The van der Waals surface area contributed by atoms with Crippen molar-refractivity contribution < 1.29 is 35.9 Å². The first-order chi connectivity index (χ1) is 16.2. The van der Waals surface area contributed by atoms with Crippen molar-refractivity contribution in [1.29, 1.82) is 0 Å². The normalized spacial score (nSPS) is 16.3. The van der Waals surface area contributed by atoms with Crippen LogP contribution in [-0.4, -0.2) is 36.5 Å². The van der Waals surface area contributed by atoms with Crippen molar-refractivity contribution in [3.05, 3.63) is 62.2 Å². The molecule has 35 heavy (non-hydrogen) atoms. The lowest BCUT2D eigenvalue weighted by molar-refractivity contribution is -0.143. The van der Waals surface area contributed by atoms with Gasteiger partial charge in [-0.25, -0.2) is 0 Å². The first-order valence-corrected chi connectivity index (χ1v) is 11.9. The average molecular weight is 614 g/mol. The summed E-state index contributed by atoms with van der Waals surface area (Å²) in [5.74, 6) is -1.97. The van der Waals surface area contributed by atoms with Gasteiger partial charge in [-0.2, -0.15) is 26.3 Å². The van der Waals surface area contributed by atoms with Crippen molar-refractivity contribution in [1.82, 2.24) is 10.2 Å². The number of carbonyl (C=O) groups is 1. The fourth-order valence-electron chi connectivity index (χ4n) is 4.42. The molecule has 1 heterocycles. The number of amides is 1. The number of carbonyl (C=O) groups excluding carboxylic acids is 1. The summed E-state index contributed by atoms with van der Waals surface area (Å²) in [5, 5.41) is 2.71. The van der Waals surface area contributed by atoms with E-state index >= 15 is 0 Å². The Morgan fingerprint density at radius 3 is 2.14 bits per heavy atom. The number of hydrogen-bond donors (Lipinski definition) is 1. The fraction of sp³-hybridized carbons (Fsp3) is 0.458. The predicted molar refractivity (Wildman–Crippen MR) is 127 cm³/mol. The van der Waals surface area contributed by atoms with Gasteiger partial charge in [0.1, 0.15) is 5.75 Å². The third-order valence-corrected chi connectivity index (χ3v) is 7.28. The Bertz CT molecular complexity index is 1080. The predicted octanol–water partition coefficient (Wildman–Crippen LogP) is 6.68. The number of likely N-dealkylation sites (tertiary alicyclic amines) is 1. The van der Waals surface area contributed by atoms with Gasteiger partial charge >= 0.3 is 12.4 Å². The van der Waals surface area contributed by atoms with E-state index in [2.05, 4.69) is 32.8 Å². The summed E-state index contributed by atoms with van der Waals surface area (Å²) in [6, 6.07) is 6.76. The van der Waals surface area contributed by atoms with Gasteiger partial charge in [0.05, 0.1) is 29.8 Å². The lowest BCUT2D eigenvalue weighted by atomic mass is 9.86. The van der Waals surface area contributed by atoms with Gasteiger partial charge in [0.25, 0.3) is 5.91 Å². The average Bonchev–Trinajstić information content (AvgIpc) is 3.31. The molecule has 1 fully saturated rings. The summed E-state index contributed by atoms with van der Waals surface area (Å²) in [5.41, 5.74) is -4.25. The van der Waals surface area contributed by atoms with E-state index in [0.717, 1.165) is 36.6 Å². The molecule has 1 atom stereocenters. The molecule has 11 heteroatoms. The second kappa shape index (κ2) is 10.2. The Kier molecular flexibility index (Phi) is 8.00. The van der Waals surface area contributed by atoms with Crippen LogP contribution in [0.3, 0.4) is 0 Å². The quantitative estimate of drug-likeness (QED) is 0.292. The number of ether oxygens (including phenoxy) is 1. The molecule has 1 saturated heterocycles. The molecule has 2 aromatic carbocycles. The molecule has 3 rings (SSSR count). The van der Waals surface area contributed by atoms with E-state index in [-0.39, 0.29) is 6.07 Å². The molecule has 2 aromatic rings. The standard InChI is InChI=1S/C24H25F6IN2O2/c1-22(2,33-10-6-7-11-33)20(15-8-4-5-9-17(15)31)32-21(34)19-16(24(28,29)30)12-14(23(25,26)27)13-18(19)35-3/h4-5,8-9,12-13,20H,6-7,10-11H2,1-3H3,(H,32,34). The third kappa shape index (κ3) is 5.87. The molecule has 0 aliphatic carbocycles. The Hall–Kier alpha value is -2.02. The highest BCUT2D eigenvalue weighted by Crippen LogP contribution is 2.42. The Morgan fingerprint density at radius 2 is 1.63 bits per heavy atom. The van der Waals surface area contributed by atoms with E-state index in [1.165, 1.54) is 0 Å². The largest absolute Gasteiger partial charge is 0.496 e. The van der Waals surface area contributed by atoms with Crippen LogP contribution in [0.15, 0.2) is 36.4 Å². The first-order valence-electron chi connectivity index (χ1n) is 10.8. The SMILES string of the molecule is COc1cc(C(F)(F)F)cc(C(F)(F)F)c1C(=O)NC(c1ccccc1I)C(C)(C)N1CCCC1. The molecule has 1 N–H and O–H groups in total. The number of alkyl halides is 6. The molecule has 0 radical (unpaired) electrons. The van der Waals surface area contributed by atoms with E-state index in [4.69, 9.17) is 4.74 Å². The van der Waals surface area contributed by atoms with Crippen LogP contribution in [-0.2, 0) is 12.4 Å². The molecular formula is C24H25F6IN2O2. The lowest BCUT2D eigenvalue weighted by Gasteiger charge is -2.43. The van der Waals surface area contributed by atoms with Crippen molar-refractivity contribution in [2.45, 2.75) is 50.6 Å². The number of methoxy groups -OCH3 is 1. The maximum Gasteiger partial charge on any atom is 0.417 e. The number of benzene rings is 2. The fourth-order valence-corrected chi connectivity index (χ4v) is 5.12. The summed E-state index contributed by atoms with van der Waals surface area (Å²) < 4.78 is 87.1. The maximum atomic E-state index is 13.9. The van der Waals surface area contributed by atoms with Crippen molar-refractivity contribution in [3.8, 4) is 5.75 Å². The second-order valence-electron chi connectivity index (χ2n) is 8.87. The van der Waals surface area contributed by atoms with Crippen molar-refractivity contribution in [3.63, 3.8) is 0 Å². The minimum atomic E-state index is -5.22. The number of nitrogens with zero attached hydrogens (tertiary/aromatic N) is 1. The van der Waals surface area contributed by atoms with Crippen LogP contribution in [0.5, 0.6) is 5.75 Å². The maximum absolute atomic E-state index is 13.9. The summed E-state index contributed by atoms with van der Waals surface area (Å²) in [6.07, 6.45) is -8.38. The van der Waals surface area contributed by atoms with Gasteiger partial charge < -0.3 is 10.1 Å². The smallest absolute Gasteiger partial charge is 0.417 e. The van der Waals surface area contributed by atoms with Crippen molar-refractivity contribution in [2.75, 3.05) is 20.2 Å². The van der Waals surface area contributed by atoms with Crippen molar-refractivity contribution in [2.24, 2.45) is 0 Å². The molecule has 0 saturated carbocycles. The molecule has 1 unspecified atom stereocenters. The molecule has 192 valence electrons. The number of rotatable bonds is 6. The summed E-state index contributed by atoms with van der Waals surface area (Å²) in [7, 11) is 0.929. The molecule has 4 nitrogen and oxygen atoms in total. The van der Waals surface area contributed by atoms with Crippen LogP contribution in [0.2, 0.25) is 0 Å². The molecule has 0 bridgehead atoms. The Labute approximate surface area is 213 Å². The Balaban J connectivity index is 2.15. The van der Waals surface area contributed by atoms with Crippen LogP contribution in [0.1, 0.15) is 59.8 Å². The van der Waals surface area contributed by atoms with E-state index in [1.807, 2.05) is 19.9 Å². The van der Waals surface area contributed by atoms with Gasteiger partial charge in [-0.1, -0.05) is 18.2 Å². The van der Waals surface area contributed by atoms with E-state index < -0.39 is 52.3 Å². The minimum absolute atomic E-state index is 0.0513. The molecule has 0 spiro atoms. The molecular weight excluding hydrogens is 589 g/mol. The third-order valence-electron chi connectivity index (χ3n) is 6.30. The van der Waals surface area contributed by atoms with Gasteiger partial charge in [0.2, 0.25) is 0 Å². The summed E-state index contributed by atoms with van der Waals surface area (Å²) >= 11 is 2.09. The highest BCUT2D eigenvalue weighted by atomic mass is 127. The zero-order valence-corrected chi connectivity index (χ0v) is 21.4. The van der Waals surface area contributed by atoms with Gasteiger partial charge in [-0.15, -0.1) is 0 Å². The number of nitrogens with one attached hydrogen (secondary N) is 1. The highest BCUT2D eigenvalue weighted by Gasteiger charge is 2.44. The zero-order valence-electron chi connectivity index (χ0n) is 19.3. The van der Waals surface area contributed by atoms with Crippen LogP contribution in [0.25, 0.3) is 0 Å². The topological polar surface area (TPSA) is 41.6 Å². The van der Waals surface area contributed by atoms with E-state index in [0.29, 0.717) is 11.6 Å². The van der Waals surface area contributed by atoms with Gasteiger partial charge in [-0.3, -0.25) is 9.69 Å². The van der Waals surface area contributed by atoms with Gasteiger partial charge in [0, 0.05) is 9.11 Å².